The highest BCUT2D eigenvalue weighted by molar-refractivity contribution is 5.91. The molecule has 1 N–H and O–H groups in total. The highest BCUT2D eigenvalue weighted by Gasteiger charge is 2.47. The van der Waals surface area contributed by atoms with Gasteiger partial charge in [0.2, 0.25) is 18.0 Å². The number of carbonyl (C=O) groups is 3. The maximum Gasteiger partial charge on any atom is 0.410 e. The van der Waals surface area contributed by atoms with E-state index in [-0.39, 0.29) is 37.7 Å². The van der Waals surface area contributed by atoms with Gasteiger partial charge in [0.15, 0.2) is 0 Å². The molecule has 2 saturated heterocycles. The summed E-state index contributed by atoms with van der Waals surface area (Å²) in [5, 5.41) is 2.76. The van der Waals surface area contributed by atoms with Gasteiger partial charge in [0.25, 0.3) is 11.8 Å². The lowest BCUT2D eigenvalue weighted by atomic mass is 10.0. The van der Waals surface area contributed by atoms with Crippen molar-refractivity contribution in [2.45, 2.75) is 63.9 Å². The lowest BCUT2D eigenvalue weighted by molar-refractivity contribution is -0.136. The normalized spacial score (nSPS) is 24.8. The summed E-state index contributed by atoms with van der Waals surface area (Å²) in [5.74, 6) is -4.19. The van der Waals surface area contributed by atoms with Crippen LogP contribution in [0.5, 0.6) is 0 Å². The maximum atomic E-state index is 13.7. The van der Waals surface area contributed by atoms with Crippen LogP contribution in [0.2, 0.25) is 0 Å². The molecule has 0 bridgehead atoms. The standard InChI is InChI=1S/C26H33F2N3O6/c1-25(2,3)37-24(34)31-14-18(11-19(31)23(33)30-10-9-26(27,28)16-30)13-29-22(32)20-15-35-21(36-20)12-17-7-5-4-6-8-17/h4-8,15,18-19,21H,9-14,16H2,1-3H3,(H,29,32)/t18-,19+,21?/m1/s1. The minimum absolute atomic E-state index is 0.0369. The highest BCUT2D eigenvalue weighted by atomic mass is 19.3. The van der Waals surface area contributed by atoms with Gasteiger partial charge in [-0.2, -0.15) is 0 Å². The molecule has 3 amide bonds. The van der Waals surface area contributed by atoms with Gasteiger partial charge in [0.1, 0.15) is 17.9 Å². The number of ether oxygens (including phenoxy) is 3. The van der Waals surface area contributed by atoms with E-state index in [9.17, 15) is 23.2 Å². The molecule has 3 aliphatic heterocycles. The molecule has 4 rings (SSSR count). The van der Waals surface area contributed by atoms with Crippen LogP contribution in [-0.4, -0.2) is 77.7 Å². The first-order valence-electron chi connectivity index (χ1n) is 12.4. The molecule has 1 aromatic rings. The van der Waals surface area contributed by atoms with Crippen LogP contribution in [0.1, 0.15) is 39.2 Å². The number of carbonyl (C=O) groups excluding carboxylic acids is 3. The van der Waals surface area contributed by atoms with E-state index in [0.29, 0.717) is 6.42 Å². The van der Waals surface area contributed by atoms with Crippen molar-refractivity contribution in [3.63, 3.8) is 0 Å². The van der Waals surface area contributed by atoms with Gasteiger partial charge in [-0.05, 0) is 38.7 Å². The number of benzene rings is 1. The average Bonchev–Trinajstić information content (AvgIpc) is 3.55. The zero-order valence-electron chi connectivity index (χ0n) is 21.2. The highest BCUT2D eigenvalue weighted by Crippen LogP contribution is 2.32. The van der Waals surface area contributed by atoms with Crippen LogP contribution in [0.4, 0.5) is 13.6 Å². The van der Waals surface area contributed by atoms with Crippen molar-refractivity contribution < 1.29 is 37.4 Å². The maximum absolute atomic E-state index is 13.7. The summed E-state index contributed by atoms with van der Waals surface area (Å²) >= 11 is 0. The third kappa shape index (κ3) is 6.90. The molecule has 9 nitrogen and oxygen atoms in total. The van der Waals surface area contributed by atoms with E-state index in [0.717, 1.165) is 10.5 Å². The van der Waals surface area contributed by atoms with Crippen molar-refractivity contribution in [1.29, 1.82) is 0 Å². The molecule has 0 spiro atoms. The fourth-order valence-corrected chi connectivity index (χ4v) is 4.62. The number of nitrogens with one attached hydrogen (secondary N) is 1. The Bertz CT molecular complexity index is 1040. The smallest absolute Gasteiger partial charge is 0.410 e. The van der Waals surface area contributed by atoms with Crippen molar-refractivity contribution in [3.05, 3.63) is 47.9 Å². The van der Waals surface area contributed by atoms with Crippen LogP contribution in [0.3, 0.4) is 0 Å². The zero-order chi connectivity index (χ0) is 26.8. The molecule has 202 valence electrons. The van der Waals surface area contributed by atoms with E-state index < -0.39 is 54.7 Å². The predicted molar refractivity (Wildman–Crippen MR) is 128 cm³/mol. The lowest BCUT2D eigenvalue weighted by Gasteiger charge is -2.30. The topological polar surface area (TPSA) is 97.4 Å². The molecule has 0 radical (unpaired) electrons. The summed E-state index contributed by atoms with van der Waals surface area (Å²) in [4.78, 5) is 41.0. The first kappa shape index (κ1) is 26.7. The van der Waals surface area contributed by atoms with Crippen molar-refractivity contribution in [3.8, 4) is 0 Å². The van der Waals surface area contributed by atoms with Crippen molar-refractivity contribution in [1.82, 2.24) is 15.1 Å². The fraction of sp³-hybridized carbons (Fsp3) is 0.577. The monoisotopic (exact) mass is 521 g/mol. The molecule has 2 fully saturated rings. The molecule has 0 saturated carbocycles. The second-order valence-electron chi connectivity index (χ2n) is 10.7. The molecule has 1 unspecified atom stereocenters. The molecule has 0 aromatic heterocycles. The predicted octanol–water partition coefficient (Wildman–Crippen LogP) is 3.05. The van der Waals surface area contributed by atoms with E-state index in [1.165, 1.54) is 11.2 Å². The summed E-state index contributed by atoms with van der Waals surface area (Å²) in [6, 6.07) is 8.64. The van der Waals surface area contributed by atoms with Gasteiger partial charge in [-0.15, -0.1) is 0 Å². The van der Waals surface area contributed by atoms with E-state index in [1.807, 2.05) is 30.3 Å². The summed E-state index contributed by atoms with van der Waals surface area (Å²) in [5.41, 5.74) is 0.211. The molecule has 3 aliphatic rings. The number of halogens is 2. The third-order valence-electron chi connectivity index (χ3n) is 6.39. The Balaban J connectivity index is 1.33. The van der Waals surface area contributed by atoms with Gasteiger partial charge in [-0.1, -0.05) is 30.3 Å². The molecule has 1 aromatic carbocycles. The molecule has 3 atom stereocenters. The number of rotatable bonds is 6. The van der Waals surface area contributed by atoms with E-state index >= 15 is 0 Å². The van der Waals surface area contributed by atoms with Gasteiger partial charge < -0.3 is 24.4 Å². The molecule has 11 heteroatoms. The van der Waals surface area contributed by atoms with Gasteiger partial charge in [0, 0.05) is 32.5 Å². The van der Waals surface area contributed by atoms with E-state index in [1.54, 1.807) is 20.8 Å². The first-order valence-corrected chi connectivity index (χ1v) is 12.4. The van der Waals surface area contributed by atoms with Gasteiger partial charge in [-0.25, -0.2) is 13.6 Å². The van der Waals surface area contributed by atoms with Crippen molar-refractivity contribution in [2.75, 3.05) is 26.2 Å². The largest absolute Gasteiger partial charge is 0.458 e. The van der Waals surface area contributed by atoms with Gasteiger partial charge in [0.05, 0.1) is 6.54 Å². The average molecular weight is 522 g/mol. The Morgan fingerprint density at radius 1 is 1.19 bits per heavy atom. The zero-order valence-corrected chi connectivity index (χ0v) is 21.2. The quantitative estimate of drug-likeness (QED) is 0.618. The van der Waals surface area contributed by atoms with Crippen LogP contribution in [-0.2, 0) is 30.2 Å². The molecule has 37 heavy (non-hydrogen) atoms. The molecular weight excluding hydrogens is 488 g/mol. The van der Waals surface area contributed by atoms with Crippen LogP contribution in [0.25, 0.3) is 0 Å². The summed E-state index contributed by atoms with van der Waals surface area (Å²) < 4.78 is 44.0. The Hall–Kier alpha value is -3.37. The van der Waals surface area contributed by atoms with E-state index in [4.69, 9.17) is 14.2 Å². The van der Waals surface area contributed by atoms with Gasteiger partial charge >= 0.3 is 6.09 Å². The minimum atomic E-state index is -2.94. The number of likely N-dealkylation sites (tertiary alicyclic amines) is 2. The Labute approximate surface area is 214 Å². The molecule has 0 aliphatic carbocycles. The Kier molecular flexibility index (Phi) is 7.61. The van der Waals surface area contributed by atoms with Crippen LogP contribution >= 0.6 is 0 Å². The van der Waals surface area contributed by atoms with Crippen LogP contribution in [0.15, 0.2) is 42.4 Å². The number of hydrogen-bond donors (Lipinski definition) is 1. The van der Waals surface area contributed by atoms with Crippen LogP contribution < -0.4 is 5.32 Å². The summed E-state index contributed by atoms with van der Waals surface area (Å²) in [6.45, 7) is 4.69. The first-order chi connectivity index (χ1) is 17.4. The second-order valence-corrected chi connectivity index (χ2v) is 10.7. The molecular formula is C26H33F2N3O6. The minimum Gasteiger partial charge on any atom is -0.458 e. The van der Waals surface area contributed by atoms with Crippen LogP contribution in [0, 0.1) is 5.92 Å². The second kappa shape index (κ2) is 10.5. The molecule has 3 heterocycles. The third-order valence-corrected chi connectivity index (χ3v) is 6.39. The Morgan fingerprint density at radius 2 is 1.92 bits per heavy atom. The summed E-state index contributed by atoms with van der Waals surface area (Å²) in [6.07, 6.45) is 0.251. The Morgan fingerprint density at radius 3 is 2.57 bits per heavy atom. The number of hydrogen-bond acceptors (Lipinski definition) is 6. The number of nitrogens with zero attached hydrogens (tertiary/aromatic N) is 2. The van der Waals surface area contributed by atoms with E-state index in [2.05, 4.69) is 5.32 Å². The van der Waals surface area contributed by atoms with Gasteiger partial charge in [-0.3, -0.25) is 14.5 Å². The van der Waals surface area contributed by atoms with Crippen molar-refractivity contribution >= 4 is 17.9 Å². The number of amides is 3. The SMILES string of the molecule is CC(C)(C)OC(=O)N1C[C@@H](CNC(=O)C2=COC(Cc3ccccc3)O2)C[C@H]1C(=O)N1CCC(F)(F)C1. The lowest BCUT2D eigenvalue weighted by Crippen LogP contribution is -2.48. The van der Waals surface area contributed by atoms with Crippen molar-refractivity contribution in [2.24, 2.45) is 5.92 Å². The number of alkyl halides is 2. The fourth-order valence-electron chi connectivity index (χ4n) is 4.62. The summed E-state index contributed by atoms with van der Waals surface area (Å²) in [7, 11) is 0.